The number of carbonyl (C=O) groups excluding carboxylic acids is 2. The largest absolute Gasteiger partial charge is 0.431 e. The zero-order valence-corrected chi connectivity index (χ0v) is 12.9. The number of ether oxygens (including phenoxy) is 2. The van der Waals surface area contributed by atoms with E-state index in [2.05, 4.69) is 0 Å². The fourth-order valence-electron chi connectivity index (χ4n) is 1.70. The van der Waals surface area contributed by atoms with E-state index in [1.807, 2.05) is 60.7 Å². The molecule has 24 heavy (non-hydrogen) atoms. The Kier molecular flexibility index (Phi) is 6.77. The lowest BCUT2D eigenvalue weighted by Crippen LogP contribution is -1.98. The van der Waals surface area contributed by atoms with Crippen molar-refractivity contribution < 1.29 is 19.1 Å². The summed E-state index contributed by atoms with van der Waals surface area (Å²) in [6, 6.07) is 18.8. The van der Waals surface area contributed by atoms with Gasteiger partial charge >= 0.3 is 11.9 Å². The molecule has 0 N–H and O–H groups in total. The van der Waals surface area contributed by atoms with E-state index in [4.69, 9.17) is 9.47 Å². The van der Waals surface area contributed by atoms with Crippen molar-refractivity contribution in [2.45, 2.75) is 0 Å². The van der Waals surface area contributed by atoms with Crippen LogP contribution in [0.2, 0.25) is 0 Å². The van der Waals surface area contributed by atoms with Crippen molar-refractivity contribution in [3.8, 4) is 0 Å². The molecule has 0 unspecified atom stereocenters. The van der Waals surface area contributed by atoms with Crippen LogP contribution in [-0.2, 0) is 19.1 Å². The van der Waals surface area contributed by atoms with E-state index in [1.54, 1.807) is 12.2 Å². The highest BCUT2D eigenvalue weighted by molar-refractivity contribution is 5.92. The molecule has 4 nitrogen and oxygen atoms in total. The molecular weight excluding hydrogens is 304 g/mol. The van der Waals surface area contributed by atoms with Crippen molar-refractivity contribution in [3.63, 3.8) is 0 Å². The Balaban J connectivity index is 1.73. The van der Waals surface area contributed by atoms with Crippen LogP contribution in [0.15, 0.2) is 85.3 Å². The maximum absolute atomic E-state index is 11.4. The van der Waals surface area contributed by atoms with Gasteiger partial charge in [-0.05, 0) is 23.3 Å². The van der Waals surface area contributed by atoms with Crippen molar-refractivity contribution in [3.05, 3.63) is 96.5 Å². The molecule has 0 heterocycles. The van der Waals surface area contributed by atoms with E-state index >= 15 is 0 Å². The SMILES string of the molecule is O=C(/C=C/C(=O)OC=Cc1ccccc1)OC=Cc1ccccc1. The second-order valence-electron chi connectivity index (χ2n) is 4.63. The summed E-state index contributed by atoms with van der Waals surface area (Å²) in [5.74, 6) is -1.32. The molecule has 0 saturated carbocycles. The zero-order chi connectivity index (χ0) is 17.0. The van der Waals surface area contributed by atoms with Gasteiger partial charge in [-0.15, -0.1) is 0 Å². The van der Waals surface area contributed by atoms with E-state index in [-0.39, 0.29) is 0 Å². The van der Waals surface area contributed by atoms with Gasteiger partial charge in [0.1, 0.15) is 0 Å². The average Bonchev–Trinajstić information content (AvgIpc) is 2.62. The summed E-state index contributed by atoms with van der Waals surface area (Å²) < 4.78 is 9.68. The Morgan fingerprint density at radius 2 is 1.00 bits per heavy atom. The minimum atomic E-state index is -0.661. The van der Waals surface area contributed by atoms with Crippen molar-refractivity contribution in [2.24, 2.45) is 0 Å². The Labute approximate surface area is 140 Å². The minimum absolute atomic E-state index is 0.661. The maximum Gasteiger partial charge on any atom is 0.335 e. The Hall–Kier alpha value is -3.40. The molecule has 0 fully saturated rings. The summed E-state index contributed by atoms with van der Waals surface area (Å²) in [4.78, 5) is 22.9. The molecule has 0 spiro atoms. The van der Waals surface area contributed by atoms with E-state index in [1.165, 1.54) is 12.5 Å². The normalized spacial score (nSPS) is 11.2. The van der Waals surface area contributed by atoms with Crippen LogP contribution in [0, 0.1) is 0 Å². The van der Waals surface area contributed by atoms with E-state index < -0.39 is 11.9 Å². The Bertz CT molecular complexity index is 678. The quantitative estimate of drug-likeness (QED) is 0.459. The van der Waals surface area contributed by atoms with Gasteiger partial charge in [-0.25, -0.2) is 9.59 Å². The van der Waals surface area contributed by atoms with Crippen molar-refractivity contribution in [2.75, 3.05) is 0 Å². The predicted molar refractivity (Wildman–Crippen MR) is 92.3 cm³/mol. The highest BCUT2D eigenvalue weighted by Gasteiger charge is 1.98. The summed E-state index contributed by atoms with van der Waals surface area (Å²) in [6.45, 7) is 0. The molecule has 0 aliphatic carbocycles. The monoisotopic (exact) mass is 320 g/mol. The van der Waals surface area contributed by atoms with Gasteiger partial charge in [0.05, 0.1) is 12.5 Å². The van der Waals surface area contributed by atoms with Gasteiger partial charge in [-0.3, -0.25) is 0 Å². The van der Waals surface area contributed by atoms with Gasteiger partial charge < -0.3 is 9.47 Å². The van der Waals surface area contributed by atoms with E-state index in [9.17, 15) is 9.59 Å². The summed E-state index contributed by atoms with van der Waals surface area (Å²) in [5.41, 5.74) is 1.81. The third kappa shape index (κ3) is 6.58. The molecule has 0 aromatic heterocycles. The van der Waals surface area contributed by atoms with Crippen LogP contribution in [0.1, 0.15) is 11.1 Å². The summed E-state index contributed by atoms with van der Waals surface area (Å²) in [7, 11) is 0. The molecular formula is C20H16O4. The van der Waals surface area contributed by atoms with Crippen LogP contribution in [0.3, 0.4) is 0 Å². The topological polar surface area (TPSA) is 52.6 Å². The van der Waals surface area contributed by atoms with Crippen molar-refractivity contribution >= 4 is 24.1 Å². The van der Waals surface area contributed by atoms with Gasteiger partial charge in [0.2, 0.25) is 0 Å². The highest BCUT2D eigenvalue weighted by Crippen LogP contribution is 2.02. The Morgan fingerprint density at radius 3 is 1.38 bits per heavy atom. The molecule has 2 aromatic carbocycles. The third-order valence-corrected chi connectivity index (χ3v) is 2.84. The van der Waals surface area contributed by atoms with Crippen LogP contribution in [0.5, 0.6) is 0 Å². The number of hydrogen-bond donors (Lipinski definition) is 0. The van der Waals surface area contributed by atoms with Gasteiger partial charge in [-0.1, -0.05) is 60.7 Å². The first-order chi connectivity index (χ1) is 11.7. The lowest BCUT2D eigenvalue weighted by Gasteiger charge is -1.95. The second kappa shape index (κ2) is 9.58. The highest BCUT2D eigenvalue weighted by atomic mass is 16.5. The zero-order valence-electron chi connectivity index (χ0n) is 12.9. The van der Waals surface area contributed by atoms with E-state index in [0.29, 0.717) is 0 Å². The maximum atomic E-state index is 11.4. The number of esters is 2. The number of rotatable bonds is 6. The molecule has 2 rings (SSSR count). The van der Waals surface area contributed by atoms with Gasteiger partial charge in [0, 0.05) is 12.2 Å². The molecule has 2 aromatic rings. The minimum Gasteiger partial charge on any atom is -0.431 e. The van der Waals surface area contributed by atoms with Crippen molar-refractivity contribution in [1.82, 2.24) is 0 Å². The molecule has 0 atom stereocenters. The van der Waals surface area contributed by atoms with E-state index in [0.717, 1.165) is 23.3 Å². The molecule has 120 valence electrons. The number of benzene rings is 2. The average molecular weight is 320 g/mol. The molecule has 4 heteroatoms. The van der Waals surface area contributed by atoms with Gasteiger partial charge in [-0.2, -0.15) is 0 Å². The summed E-state index contributed by atoms with van der Waals surface area (Å²) in [5, 5.41) is 0. The number of carbonyl (C=O) groups is 2. The predicted octanol–water partition coefficient (Wildman–Crippen LogP) is 3.97. The molecule has 0 radical (unpaired) electrons. The van der Waals surface area contributed by atoms with Crippen LogP contribution in [0.25, 0.3) is 12.2 Å². The first-order valence-electron chi connectivity index (χ1n) is 7.26. The smallest absolute Gasteiger partial charge is 0.335 e. The Morgan fingerprint density at radius 1 is 0.625 bits per heavy atom. The van der Waals surface area contributed by atoms with Gasteiger partial charge in [0.25, 0.3) is 0 Å². The first kappa shape index (κ1) is 17.0. The molecule has 0 aliphatic rings. The molecule has 0 amide bonds. The van der Waals surface area contributed by atoms with Crippen LogP contribution in [-0.4, -0.2) is 11.9 Å². The lowest BCUT2D eigenvalue weighted by atomic mass is 10.2. The summed E-state index contributed by atoms with van der Waals surface area (Å²) in [6.07, 6.45) is 7.84. The fourth-order valence-corrected chi connectivity index (χ4v) is 1.70. The van der Waals surface area contributed by atoms with Crippen LogP contribution >= 0.6 is 0 Å². The molecule has 0 aliphatic heterocycles. The van der Waals surface area contributed by atoms with Crippen molar-refractivity contribution in [1.29, 1.82) is 0 Å². The molecule has 0 bridgehead atoms. The lowest BCUT2D eigenvalue weighted by molar-refractivity contribution is -0.135. The second-order valence-corrected chi connectivity index (χ2v) is 4.63. The summed E-state index contributed by atoms with van der Waals surface area (Å²) >= 11 is 0. The molecule has 0 saturated heterocycles. The van der Waals surface area contributed by atoms with Gasteiger partial charge in [0.15, 0.2) is 0 Å². The standard InChI is InChI=1S/C20H16O4/c21-19(23-15-13-17-7-3-1-4-8-17)11-12-20(22)24-16-14-18-9-5-2-6-10-18/h1-16H/b12-11+,15-13?,16-14?. The third-order valence-electron chi connectivity index (χ3n) is 2.84. The number of hydrogen-bond acceptors (Lipinski definition) is 4. The van der Waals surface area contributed by atoms with Crippen LogP contribution in [0.4, 0.5) is 0 Å². The fraction of sp³-hybridized carbons (Fsp3) is 0. The van der Waals surface area contributed by atoms with Crippen LogP contribution < -0.4 is 0 Å². The first-order valence-corrected chi connectivity index (χ1v) is 7.26.